The van der Waals surface area contributed by atoms with E-state index in [1.165, 1.54) is 21.7 Å². The van der Waals surface area contributed by atoms with Gasteiger partial charge in [0, 0.05) is 55.7 Å². The minimum absolute atomic E-state index is 0.464. The van der Waals surface area contributed by atoms with Gasteiger partial charge < -0.3 is 18.6 Å². The number of hydrogen-bond donors (Lipinski definition) is 0. The Hall–Kier alpha value is -8.84. The first kappa shape index (κ1) is 39.7. The van der Waals surface area contributed by atoms with Crippen LogP contribution in [0.2, 0.25) is 0 Å². The minimum Gasteiger partial charge on any atom is -0.311 e. The lowest BCUT2D eigenvalue weighted by Gasteiger charge is -2.25. The quantitative estimate of drug-likeness (QED) is 0.143. The number of hydrogen-bond acceptors (Lipinski definition) is 3. The summed E-state index contributed by atoms with van der Waals surface area (Å²) < 4.78 is 6.78. The number of benzene rings is 7. The second kappa shape index (κ2) is 16.0. The zero-order valence-corrected chi connectivity index (χ0v) is 37.1. The van der Waals surface area contributed by atoms with E-state index < -0.39 is 0 Å². The van der Waals surface area contributed by atoms with Crippen LogP contribution in [0, 0.1) is 29.6 Å². The number of nitriles is 2. The highest BCUT2D eigenvalue weighted by molar-refractivity contribution is 6.23. The third-order valence-electron chi connectivity index (χ3n) is 13.7. The Morgan fingerprint density at radius 3 is 1.91 bits per heavy atom. The molecule has 0 aliphatic heterocycles. The largest absolute Gasteiger partial charge is 0.311 e. The van der Waals surface area contributed by atoms with Crippen molar-refractivity contribution in [3.05, 3.63) is 222 Å². The highest BCUT2D eigenvalue weighted by atomic mass is 15.1. The Kier molecular flexibility index (Phi) is 9.49. The predicted molar refractivity (Wildman–Crippen MR) is 278 cm³/mol. The molecular weight excluding hydrogens is 817 g/mol. The fraction of sp³-hybridized carbons (Fsp3) is 0.0820. The fourth-order valence-electron chi connectivity index (χ4n) is 10.8. The molecule has 10 aromatic rings. The standard InChI is InChI=1S/C61H44N6/c1-40(64(45-19-6-3-7-20-45)46-21-8-4-9-22-46)30-32-51-41(2)59-54(34-35-56-61(59)50-27-15-16-28-52(50)65(56)47-23-10-5-11-24-47)66(51)57-36-44(39-63)58(37-43(57)38-62)67-53-29-17-14-26-49(53)60-48-25-13-12-18-42(48)31-33-55(60)67/h3-4,6-10,12-13,15-25,27-37H,1,5,11,14,26H2,2H3/b32-30-. The van der Waals surface area contributed by atoms with Gasteiger partial charge in [-0.05, 0) is 139 Å². The van der Waals surface area contributed by atoms with Crippen LogP contribution in [0.25, 0.3) is 83.6 Å². The van der Waals surface area contributed by atoms with Gasteiger partial charge in [-0.3, -0.25) is 0 Å². The molecule has 0 spiro atoms. The van der Waals surface area contributed by atoms with Crippen molar-refractivity contribution in [2.45, 2.75) is 32.6 Å². The first-order chi connectivity index (χ1) is 33.0. The number of aromatic nitrogens is 3. The molecule has 67 heavy (non-hydrogen) atoms. The van der Waals surface area contributed by atoms with Crippen LogP contribution in [-0.2, 0) is 6.42 Å². The lowest BCUT2D eigenvalue weighted by Crippen LogP contribution is -2.14. The number of aryl methyl sites for hydroxylation is 2. The third kappa shape index (κ3) is 6.22. The Labute approximate surface area is 389 Å². The van der Waals surface area contributed by atoms with Gasteiger partial charge in [0.25, 0.3) is 0 Å². The third-order valence-corrected chi connectivity index (χ3v) is 13.7. The maximum atomic E-state index is 11.3. The number of para-hydroxylation sites is 3. The maximum absolute atomic E-state index is 11.3. The molecule has 6 heteroatoms. The number of rotatable bonds is 8. The topological polar surface area (TPSA) is 65.6 Å². The van der Waals surface area contributed by atoms with E-state index in [9.17, 15) is 10.5 Å². The summed E-state index contributed by atoms with van der Waals surface area (Å²) in [6, 6.07) is 55.5. The molecule has 0 radical (unpaired) electrons. The predicted octanol–water partition coefficient (Wildman–Crippen LogP) is 15.4. The lowest BCUT2D eigenvalue weighted by molar-refractivity contribution is 0.965. The van der Waals surface area contributed by atoms with Crippen molar-refractivity contribution in [3.8, 4) is 23.5 Å². The highest BCUT2D eigenvalue weighted by Gasteiger charge is 2.27. The first-order valence-corrected chi connectivity index (χ1v) is 23.0. The van der Waals surface area contributed by atoms with E-state index in [0.717, 1.165) is 104 Å². The van der Waals surface area contributed by atoms with E-state index in [4.69, 9.17) is 0 Å². The highest BCUT2D eigenvalue weighted by Crippen LogP contribution is 2.44. The van der Waals surface area contributed by atoms with E-state index >= 15 is 0 Å². The molecule has 3 heterocycles. The van der Waals surface area contributed by atoms with Crippen molar-refractivity contribution in [1.29, 1.82) is 10.5 Å². The smallest absolute Gasteiger partial charge is 0.101 e. The lowest BCUT2D eigenvalue weighted by atomic mass is 9.97. The molecule has 3 aromatic heterocycles. The number of fused-ring (bicyclic) bond motifs is 10. The molecule has 0 N–H and O–H groups in total. The summed E-state index contributed by atoms with van der Waals surface area (Å²) in [5.41, 5.74) is 14.7. The summed E-state index contributed by atoms with van der Waals surface area (Å²) in [4.78, 5) is 2.15. The Bertz CT molecular complexity index is 3870. The van der Waals surface area contributed by atoms with Crippen molar-refractivity contribution in [3.63, 3.8) is 0 Å². The second-order valence-electron chi connectivity index (χ2n) is 17.4. The summed E-state index contributed by atoms with van der Waals surface area (Å²) >= 11 is 0. The van der Waals surface area contributed by atoms with Gasteiger partial charge in [0.2, 0.25) is 0 Å². The molecule has 318 valence electrons. The van der Waals surface area contributed by atoms with Crippen LogP contribution in [0.15, 0.2) is 188 Å². The number of anilines is 2. The Morgan fingerprint density at radius 1 is 0.597 bits per heavy atom. The van der Waals surface area contributed by atoms with Gasteiger partial charge in [0.05, 0.1) is 44.6 Å². The molecule has 6 nitrogen and oxygen atoms in total. The van der Waals surface area contributed by atoms with E-state index in [2.05, 4.69) is 184 Å². The second-order valence-corrected chi connectivity index (χ2v) is 17.4. The summed E-state index contributed by atoms with van der Waals surface area (Å²) in [6.45, 7) is 6.82. The fourth-order valence-corrected chi connectivity index (χ4v) is 10.8. The van der Waals surface area contributed by atoms with Crippen LogP contribution in [0.5, 0.6) is 0 Å². The zero-order chi connectivity index (χ0) is 45.2. The number of allylic oxidation sites excluding steroid dienone is 6. The summed E-state index contributed by atoms with van der Waals surface area (Å²) in [6.07, 6.45) is 19.3. The Morgan fingerprint density at radius 2 is 1.21 bits per heavy atom. The van der Waals surface area contributed by atoms with Crippen molar-refractivity contribution in [1.82, 2.24) is 13.7 Å². The van der Waals surface area contributed by atoms with Crippen molar-refractivity contribution >= 4 is 83.6 Å². The van der Waals surface area contributed by atoms with Gasteiger partial charge in [-0.1, -0.05) is 110 Å². The van der Waals surface area contributed by atoms with Crippen LogP contribution < -0.4 is 4.90 Å². The van der Waals surface area contributed by atoms with Crippen LogP contribution in [0.4, 0.5) is 11.4 Å². The molecule has 0 unspecified atom stereocenters. The SMILES string of the molecule is C=C(/C=C\c1c(C)c2c3c4ccccc4n(C4=CCCC=C4)c3ccc2n1-c1cc(C#N)c(-n2c3c(c4c5ccccc5ccc42)CCC=C3)cc1C#N)N(c1ccccc1)c1ccccc1. The minimum atomic E-state index is 0.464. The van der Waals surface area contributed by atoms with Gasteiger partial charge in [-0.25, -0.2) is 0 Å². The van der Waals surface area contributed by atoms with Crippen molar-refractivity contribution in [2.24, 2.45) is 0 Å². The molecule has 0 atom stereocenters. The van der Waals surface area contributed by atoms with Gasteiger partial charge in [0.15, 0.2) is 0 Å². The summed E-state index contributed by atoms with van der Waals surface area (Å²) in [5, 5.41) is 29.5. The van der Waals surface area contributed by atoms with Gasteiger partial charge in [-0.15, -0.1) is 0 Å². The number of nitrogens with zero attached hydrogens (tertiary/aromatic N) is 6. The zero-order valence-electron chi connectivity index (χ0n) is 37.1. The molecule has 0 saturated heterocycles. The molecule has 7 aromatic carbocycles. The average Bonchev–Trinajstić information content (AvgIpc) is 4.01. The van der Waals surface area contributed by atoms with Crippen LogP contribution in [0.3, 0.4) is 0 Å². The first-order valence-electron chi connectivity index (χ1n) is 23.0. The molecule has 0 fully saturated rings. The molecule has 0 bridgehead atoms. The summed E-state index contributed by atoms with van der Waals surface area (Å²) in [7, 11) is 0. The molecular formula is C61H44N6. The van der Waals surface area contributed by atoms with Gasteiger partial charge in [-0.2, -0.15) is 10.5 Å². The van der Waals surface area contributed by atoms with Crippen molar-refractivity contribution < 1.29 is 0 Å². The van der Waals surface area contributed by atoms with Crippen molar-refractivity contribution in [2.75, 3.05) is 4.90 Å². The molecule has 0 amide bonds. The van der Waals surface area contributed by atoms with E-state index in [1.807, 2.05) is 48.5 Å². The molecule has 2 aliphatic rings. The van der Waals surface area contributed by atoms with Crippen LogP contribution >= 0.6 is 0 Å². The molecule has 2 aliphatic carbocycles. The summed E-state index contributed by atoms with van der Waals surface area (Å²) in [5.74, 6) is 0. The normalized spacial score (nSPS) is 13.4. The maximum Gasteiger partial charge on any atom is 0.101 e. The van der Waals surface area contributed by atoms with Gasteiger partial charge in [0.1, 0.15) is 12.1 Å². The van der Waals surface area contributed by atoms with E-state index in [1.54, 1.807) is 0 Å². The Balaban J connectivity index is 1.13. The van der Waals surface area contributed by atoms with Gasteiger partial charge >= 0.3 is 0 Å². The molecule has 12 rings (SSSR count). The van der Waals surface area contributed by atoms with Crippen LogP contribution in [0.1, 0.15) is 52.9 Å². The molecule has 0 saturated carbocycles. The van der Waals surface area contributed by atoms with E-state index in [-0.39, 0.29) is 0 Å². The monoisotopic (exact) mass is 860 g/mol. The van der Waals surface area contributed by atoms with Crippen LogP contribution in [-0.4, -0.2) is 13.7 Å². The van der Waals surface area contributed by atoms with E-state index in [0.29, 0.717) is 22.5 Å². The average molecular weight is 861 g/mol.